The minimum Gasteiger partial charge on any atom is -0.497 e. The number of ether oxygens (including phenoxy) is 1. The molecule has 9 nitrogen and oxygen atoms in total. The molecular formula is C16H15N5O4. The number of hydrogen-bond donors (Lipinski definition) is 2. The van der Waals surface area contributed by atoms with Gasteiger partial charge in [0, 0.05) is 6.20 Å². The van der Waals surface area contributed by atoms with E-state index in [4.69, 9.17) is 4.74 Å². The molecule has 1 unspecified atom stereocenters. The topological polar surface area (TPSA) is 119 Å². The van der Waals surface area contributed by atoms with Crippen molar-refractivity contribution in [1.29, 1.82) is 0 Å². The van der Waals surface area contributed by atoms with E-state index in [9.17, 15) is 14.7 Å². The molecule has 3 aromatic rings. The molecule has 0 bridgehead atoms. The van der Waals surface area contributed by atoms with Gasteiger partial charge in [-0.25, -0.2) is 9.78 Å². The second kappa shape index (κ2) is 6.19. The standard InChI is InChI=1S/C16H15N5O4/c1-16(15(23)24,10-3-5-11(25-2)6-4-10)19-14(22)12-8-21-9-18-20-13(21)7-17-12/h3-9H,1-2H3,(H,19,22)(H,23,24). The minimum atomic E-state index is -1.63. The molecule has 128 valence electrons. The Labute approximate surface area is 142 Å². The summed E-state index contributed by atoms with van der Waals surface area (Å²) in [6.07, 6.45) is 4.24. The highest BCUT2D eigenvalue weighted by Gasteiger charge is 2.37. The molecule has 0 aliphatic heterocycles. The molecule has 2 N–H and O–H groups in total. The van der Waals surface area contributed by atoms with Crippen LogP contribution in [0.25, 0.3) is 5.65 Å². The summed E-state index contributed by atoms with van der Waals surface area (Å²) < 4.78 is 6.59. The second-order valence-corrected chi connectivity index (χ2v) is 5.48. The largest absolute Gasteiger partial charge is 0.497 e. The third-order valence-electron chi connectivity index (χ3n) is 3.87. The maximum absolute atomic E-state index is 12.5. The molecule has 0 aliphatic carbocycles. The van der Waals surface area contributed by atoms with Crippen molar-refractivity contribution in [3.8, 4) is 5.75 Å². The summed E-state index contributed by atoms with van der Waals surface area (Å²) in [5.41, 5.74) is -0.701. The molecule has 0 aliphatic rings. The summed E-state index contributed by atoms with van der Waals surface area (Å²) in [4.78, 5) is 28.3. The highest BCUT2D eigenvalue weighted by atomic mass is 16.5. The van der Waals surface area contributed by atoms with Crippen LogP contribution in [-0.4, -0.2) is 43.7 Å². The van der Waals surface area contributed by atoms with Gasteiger partial charge < -0.3 is 15.2 Å². The minimum absolute atomic E-state index is 0.0493. The second-order valence-electron chi connectivity index (χ2n) is 5.48. The molecule has 2 aromatic heterocycles. The summed E-state index contributed by atoms with van der Waals surface area (Å²) in [5.74, 6) is -1.24. The van der Waals surface area contributed by atoms with Gasteiger partial charge in [0.1, 0.15) is 17.8 Å². The van der Waals surface area contributed by atoms with Gasteiger partial charge in [-0.05, 0) is 24.6 Å². The zero-order valence-corrected chi connectivity index (χ0v) is 13.5. The Kier molecular flexibility index (Phi) is 4.05. The average molecular weight is 341 g/mol. The molecular weight excluding hydrogens is 326 g/mol. The van der Waals surface area contributed by atoms with Gasteiger partial charge in [-0.2, -0.15) is 0 Å². The van der Waals surface area contributed by atoms with Gasteiger partial charge in [0.2, 0.25) is 0 Å². The zero-order chi connectivity index (χ0) is 18.0. The fraction of sp³-hybridized carbons (Fsp3) is 0.188. The van der Waals surface area contributed by atoms with Gasteiger partial charge in [0.05, 0.1) is 13.3 Å². The number of hydrogen-bond acceptors (Lipinski definition) is 6. The van der Waals surface area contributed by atoms with Crippen LogP contribution >= 0.6 is 0 Å². The number of nitrogens with zero attached hydrogens (tertiary/aromatic N) is 4. The number of methoxy groups -OCH3 is 1. The monoisotopic (exact) mass is 341 g/mol. The van der Waals surface area contributed by atoms with Gasteiger partial charge in [-0.1, -0.05) is 12.1 Å². The maximum atomic E-state index is 12.5. The fourth-order valence-electron chi connectivity index (χ4n) is 2.32. The van der Waals surface area contributed by atoms with Crippen molar-refractivity contribution in [2.45, 2.75) is 12.5 Å². The summed E-state index contributed by atoms with van der Waals surface area (Å²) in [6, 6.07) is 6.43. The van der Waals surface area contributed by atoms with Crippen LogP contribution in [-0.2, 0) is 10.3 Å². The van der Waals surface area contributed by atoms with Crippen molar-refractivity contribution in [2.75, 3.05) is 7.11 Å². The molecule has 0 fully saturated rings. The van der Waals surface area contributed by atoms with Crippen LogP contribution in [0.5, 0.6) is 5.75 Å². The van der Waals surface area contributed by atoms with Gasteiger partial charge in [0.25, 0.3) is 5.91 Å². The predicted octanol–water partition coefficient (Wildman–Crippen LogP) is 0.863. The molecule has 25 heavy (non-hydrogen) atoms. The SMILES string of the molecule is COc1ccc(C(C)(NC(=O)c2cn3cnnc3cn2)C(=O)O)cc1. The molecule has 0 saturated heterocycles. The number of rotatable bonds is 5. The first-order valence-corrected chi connectivity index (χ1v) is 7.30. The van der Waals surface area contributed by atoms with Crippen LogP contribution < -0.4 is 10.1 Å². The highest BCUT2D eigenvalue weighted by Crippen LogP contribution is 2.24. The Morgan fingerprint density at radius 1 is 1.28 bits per heavy atom. The number of benzene rings is 1. The summed E-state index contributed by atoms with van der Waals surface area (Å²) in [6.45, 7) is 1.41. The Hall–Kier alpha value is -3.49. The molecule has 3 rings (SSSR count). The number of carbonyl (C=O) groups is 2. The fourth-order valence-corrected chi connectivity index (χ4v) is 2.32. The van der Waals surface area contributed by atoms with Crippen molar-refractivity contribution < 1.29 is 19.4 Å². The molecule has 2 heterocycles. The quantitative estimate of drug-likeness (QED) is 0.706. The normalized spacial score (nSPS) is 13.2. The van der Waals surface area contributed by atoms with E-state index in [1.807, 2.05) is 0 Å². The summed E-state index contributed by atoms with van der Waals surface area (Å²) >= 11 is 0. The van der Waals surface area contributed by atoms with Crippen molar-refractivity contribution in [3.05, 3.63) is 54.2 Å². The number of carbonyl (C=O) groups excluding carboxylic acids is 1. The molecule has 1 atom stereocenters. The lowest BCUT2D eigenvalue weighted by Crippen LogP contribution is -2.49. The van der Waals surface area contributed by atoms with E-state index < -0.39 is 17.4 Å². The van der Waals surface area contributed by atoms with Crippen LogP contribution in [0.15, 0.2) is 43.0 Å². The number of amides is 1. The molecule has 0 saturated carbocycles. The zero-order valence-electron chi connectivity index (χ0n) is 13.5. The highest BCUT2D eigenvalue weighted by molar-refractivity contribution is 5.96. The number of nitrogens with one attached hydrogen (secondary N) is 1. The lowest BCUT2D eigenvalue weighted by molar-refractivity contribution is -0.144. The first kappa shape index (κ1) is 16.4. The van der Waals surface area contributed by atoms with Crippen molar-refractivity contribution in [1.82, 2.24) is 24.9 Å². The van der Waals surface area contributed by atoms with Gasteiger partial charge >= 0.3 is 5.97 Å². The molecule has 0 spiro atoms. The first-order valence-electron chi connectivity index (χ1n) is 7.30. The Balaban J connectivity index is 1.91. The van der Waals surface area contributed by atoms with Gasteiger partial charge in [0.15, 0.2) is 11.2 Å². The first-order chi connectivity index (χ1) is 11.9. The maximum Gasteiger partial charge on any atom is 0.333 e. The number of fused-ring (bicyclic) bond motifs is 1. The van der Waals surface area contributed by atoms with Crippen molar-refractivity contribution >= 4 is 17.5 Å². The Morgan fingerprint density at radius 2 is 2.00 bits per heavy atom. The van der Waals surface area contributed by atoms with Crippen LogP contribution in [0.1, 0.15) is 23.0 Å². The number of aromatic nitrogens is 4. The van der Waals surface area contributed by atoms with Gasteiger partial charge in [-0.15, -0.1) is 10.2 Å². The molecule has 1 amide bonds. The third-order valence-corrected chi connectivity index (χ3v) is 3.87. The number of carboxylic acids is 1. The number of carboxylic acid groups (broad SMARTS) is 1. The summed E-state index contributed by atoms with van der Waals surface area (Å²) in [5, 5.41) is 19.7. The molecule has 1 aromatic carbocycles. The van der Waals surface area contributed by atoms with Crippen LogP contribution in [0.4, 0.5) is 0 Å². The lowest BCUT2D eigenvalue weighted by atomic mass is 9.91. The Morgan fingerprint density at radius 3 is 2.64 bits per heavy atom. The van der Waals surface area contributed by atoms with E-state index >= 15 is 0 Å². The smallest absolute Gasteiger partial charge is 0.333 e. The van der Waals surface area contributed by atoms with E-state index in [1.54, 1.807) is 24.3 Å². The average Bonchev–Trinajstić information content (AvgIpc) is 3.09. The van der Waals surface area contributed by atoms with E-state index in [0.29, 0.717) is 17.0 Å². The van der Waals surface area contributed by atoms with E-state index in [0.717, 1.165) is 0 Å². The molecule has 0 radical (unpaired) electrons. The van der Waals surface area contributed by atoms with Gasteiger partial charge in [-0.3, -0.25) is 9.20 Å². The van der Waals surface area contributed by atoms with E-state index in [1.165, 1.54) is 37.2 Å². The van der Waals surface area contributed by atoms with Crippen molar-refractivity contribution in [2.24, 2.45) is 0 Å². The number of aliphatic carboxylic acids is 1. The van der Waals surface area contributed by atoms with Crippen LogP contribution in [0.2, 0.25) is 0 Å². The van der Waals surface area contributed by atoms with Crippen molar-refractivity contribution in [3.63, 3.8) is 0 Å². The third kappa shape index (κ3) is 2.99. The Bertz CT molecular complexity index is 937. The van der Waals surface area contributed by atoms with E-state index in [-0.39, 0.29) is 5.69 Å². The van der Waals surface area contributed by atoms with E-state index in [2.05, 4.69) is 20.5 Å². The predicted molar refractivity (Wildman–Crippen MR) is 86.2 cm³/mol. The van der Waals surface area contributed by atoms with Crippen LogP contribution in [0.3, 0.4) is 0 Å². The molecule has 9 heteroatoms. The summed E-state index contributed by atoms with van der Waals surface area (Å²) in [7, 11) is 1.51. The lowest BCUT2D eigenvalue weighted by Gasteiger charge is -2.26. The van der Waals surface area contributed by atoms with Crippen LogP contribution in [0, 0.1) is 0 Å².